The SMILES string of the molecule is O=C(c1ccc(SC(F)F)cc1)N1CCCC1. The molecule has 1 aliphatic rings. The van der Waals surface area contributed by atoms with E-state index in [-0.39, 0.29) is 5.91 Å². The maximum Gasteiger partial charge on any atom is 0.288 e. The minimum atomic E-state index is -2.42. The highest BCUT2D eigenvalue weighted by atomic mass is 32.2. The van der Waals surface area contributed by atoms with E-state index < -0.39 is 5.76 Å². The molecule has 0 bridgehead atoms. The minimum Gasteiger partial charge on any atom is -0.339 e. The van der Waals surface area contributed by atoms with Gasteiger partial charge in [0, 0.05) is 23.5 Å². The molecule has 1 aromatic carbocycles. The van der Waals surface area contributed by atoms with Gasteiger partial charge in [0.05, 0.1) is 0 Å². The number of hydrogen-bond acceptors (Lipinski definition) is 2. The third kappa shape index (κ3) is 3.19. The molecule has 0 radical (unpaired) electrons. The molecule has 1 saturated heterocycles. The van der Waals surface area contributed by atoms with Crippen molar-refractivity contribution in [3.05, 3.63) is 29.8 Å². The van der Waals surface area contributed by atoms with Gasteiger partial charge in [-0.3, -0.25) is 4.79 Å². The number of nitrogens with zero attached hydrogens (tertiary/aromatic N) is 1. The van der Waals surface area contributed by atoms with Crippen LogP contribution in [0, 0.1) is 0 Å². The van der Waals surface area contributed by atoms with Gasteiger partial charge in [0.25, 0.3) is 11.7 Å². The van der Waals surface area contributed by atoms with Gasteiger partial charge in [0.2, 0.25) is 0 Å². The van der Waals surface area contributed by atoms with Crippen LogP contribution in [0.5, 0.6) is 0 Å². The molecule has 0 saturated carbocycles. The van der Waals surface area contributed by atoms with Crippen LogP contribution in [0.4, 0.5) is 8.78 Å². The van der Waals surface area contributed by atoms with E-state index in [0.29, 0.717) is 22.2 Å². The summed E-state index contributed by atoms with van der Waals surface area (Å²) in [5, 5.41) is 0. The molecule has 0 aliphatic carbocycles. The summed E-state index contributed by atoms with van der Waals surface area (Å²) < 4.78 is 24.2. The number of likely N-dealkylation sites (tertiary alicyclic amines) is 1. The van der Waals surface area contributed by atoms with Crippen LogP contribution < -0.4 is 0 Å². The Balaban J connectivity index is 2.04. The van der Waals surface area contributed by atoms with Crippen LogP contribution in [0.1, 0.15) is 23.2 Å². The van der Waals surface area contributed by atoms with E-state index in [9.17, 15) is 13.6 Å². The topological polar surface area (TPSA) is 20.3 Å². The summed E-state index contributed by atoms with van der Waals surface area (Å²) >= 11 is 0.493. The summed E-state index contributed by atoms with van der Waals surface area (Å²) in [7, 11) is 0. The van der Waals surface area contributed by atoms with Crippen LogP contribution in [0.15, 0.2) is 29.2 Å². The highest BCUT2D eigenvalue weighted by Gasteiger charge is 2.19. The van der Waals surface area contributed by atoms with Gasteiger partial charge in [-0.25, -0.2) is 0 Å². The lowest BCUT2D eigenvalue weighted by Crippen LogP contribution is -2.27. The summed E-state index contributed by atoms with van der Waals surface area (Å²) in [5.74, 6) is -2.42. The lowest BCUT2D eigenvalue weighted by atomic mass is 10.2. The van der Waals surface area contributed by atoms with Gasteiger partial charge >= 0.3 is 0 Å². The van der Waals surface area contributed by atoms with Crippen LogP contribution in [-0.4, -0.2) is 29.7 Å². The average molecular weight is 257 g/mol. The summed E-state index contributed by atoms with van der Waals surface area (Å²) in [5.41, 5.74) is 0.575. The van der Waals surface area contributed by atoms with E-state index in [1.54, 1.807) is 29.2 Å². The van der Waals surface area contributed by atoms with Crippen molar-refractivity contribution in [1.29, 1.82) is 0 Å². The first-order valence-corrected chi connectivity index (χ1v) is 6.39. The number of thioether (sulfide) groups is 1. The van der Waals surface area contributed by atoms with Crippen LogP contribution in [0.2, 0.25) is 0 Å². The van der Waals surface area contributed by atoms with E-state index in [2.05, 4.69) is 0 Å². The summed E-state index contributed by atoms with van der Waals surface area (Å²) in [6, 6.07) is 6.37. The highest BCUT2D eigenvalue weighted by Crippen LogP contribution is 2.25. The average Bonchev–Trinajstić information content (AvgIpc) is 2.82. The third-order valence-corrected chi connectivity index (χ3v) is 3.44. The van der Waals surface area contributed by atoms with E-state index in [1.165, 1.54) is 0 Å². The molecule has 5 heteroatoms. The molecule has 0 atom stereocenters. The quantitative estimate of drug-likeness (QED) is 0.775. The van der Waals surface area contributed by atoms with Crippen molar-refractivity contribution in [3.8, 4) is 0 Å². The summed E-state index contributed by atoms with van der Waals surface area (Å²) in [4.78, 5) is 14.2. The van der Waals surface area contributed by atoms with E-state index in [0.717, 1.165) is 25.9 Å². The Hall–Kier alpha value is -1.10. The van der Waals surface area contributed by atoms with Gasteiger partial charge in [-0.1, -0.05) is 11.8 Å². The molecule has 1 amide bonds. The molecule has 1 aliphatic heterocycles. The van der Waals surface area contributed by atoms with E-state index >= 15 is 0 Å². The van der Waals surface area contributed by atoms with Crippen molar-refractivity contribution >= 4 is 17.7 Å². The first-order chi connectivity index (χ1) is 8.16. The number of carbonyl (C=O) groups excluding carboxylic acids is 1. The second-order valence-electron chi connectivity index (χ2n) is 3.90. The number of hydrogen-bond donors (Lipinski definition) is 0. The van der Waals surface area contributed by atoms with E-state index in [4.69, 9.17) is 0 Å². The zero-order chi connectivity index (χ0) is 12.3. The van der Waals surface area contributed by atoms with Gasteiger partial charge < -0.3 is 4.90 Å². The monoisotopic (exact) mass is 257 g/mol. The molecule has 1 heterocycles. The van der Waals surface area contributed by atoms with Gasteiger partial charge in [-0.2, -0.15) is 8.78 Å². The van der Waals surface area contributed by atoms with Crippen LogP contribution in [0.25, 0.3) is 0 Å². The molecule has 0 N–H and O–H groups in total. The molecule has 92 valence electrons. The normalized spacial score (nSPS) is 15.6. The number of halogens is 2. The molecule has 2 rings (SSSR count). The standard InChI is InChI=1S/C12H13F2NOS/c13-12(14)17-10-5-3-9(4-6-10)11(16)15-7-1-2-8-15/h3-6,12H,1-2,7-8H2. The maximum atomic E-state index is 12.1. The molecule has 17 heavy (non-hydrogen) atoms. The lowest BCUT2D eigenvalue weighted by Gasteiger charge is -2.15. The molecule has 1 fully saturated rings. The summed E-state index contributed by atoms with van der Waals surface area (Å²) in [6.45, 7) is 1.60. The molecular weight excluding hydrogens is 244 g/mol. The Morgan fingerprint density at radius 3 is 2.29 bits per heavy atom. The Kier molecular flexibility index (Phi) is 3.99. The molecular formula is C12H13F2NOS. The van der Waals surface area contributed by atoms with Crippen LogP contribution in [-0.2, 0) is 0 Å². The molecule has 0 spiro atoms. The number of alkyl halides is 2. The molecule has 2 nitrogen and oxygen atoms in total. The predicted octanol–water partition coefficient (Wildman–Crippen LogP) is 3.24. The fourth-order valence-corrected chi connectivity index (χ4v) is 2.38. The predicted molar refractivity (Wildman–Crippen MR) is 63.4 cm³/mol. The van der Waals surface area contributed by atoms with Gasteiger partial charge in [-0.15, -0.1) is 0 Å². The van der Waals surface area contributed by atoms with Crippen molar-refractivity contribution in [2.45, 2.75) is 23.5 Å². The fourth-order valence-electron chi connectivity index (χ4n) is 1.88. The van der Waals surface area contributed by atoms with Crippen molar-refractivity contribution < 1.29 is 13.6 Å². The largest absolute Gasteiger partial charge is 0.339 e. The van der Waals surface area contributed by atoms with Gasteiger partial charge in [0.1, 0.15) is 0 Å². The minimum absolute atomic E-state index is 0.00361. The van der Waals surface area contributed by atoms with Crippen molar-refractivity contribution in [2.24, 2.45) is 0 Å². The second-order valence-corrected chi connectivity index (χ2v) is 4.97. The van der Waals surface area contributed by atoms with Crippen LogP contribution >= 0.6 is 11.8 Å². The zero-order valence-corrected chi connectivity index (χ0v) is 10.1. The molecule has 0 unspecified atom stereocenters. The highest BCUT2D eigenvalue weighted by molar-refractivity contribution is 7.99. The van der Waals surface area contributed by atoms with Crippen molar-refractivity contribution in [3.63, 3.8) is 0 Å². The van der Waals surface area contributed by atoms with Gasteiger partial charge in [0.15, 0.2) is 0 Å². The smallest absolute Gasteiger partial charge is 0.288 e. The van der Waals surface area contributed by atoms with E-state index in [1.807, 2.05) is 0 Å². The fraction of sp³-hybridized carbons (Fsp3) is 0.417. The Morgan fingerprint density at radius 1 is 1.18 bits per heavy atom. The Labute approximate surface area is 103 Å². The zero-order valence-electron chi connectivity index (χ0n) is 9.23. The number of rotatable bonds is 3. The first kappa shape index (κ1) is 12.4. The van der Waals surface area contributed by atoms with Gasteiger partial charge in [-0.05, 0) is 37.1 Å². The number of carbonyl (C=O) groups is 1. The summed E-state index contributed by atoms with van der Waals surface area (Å²) in [6.07, 6.45) is 2.09. The Morgan fingerprint density at radius 2 is 1.76 bits per heavy atom. The first-order valence-electron chi connectivity index (χ1n) is 5.51. The third-order valence-electron chi connectivity index (χ3n) is 2.72. The lowest BCUT2D eigenvalue weighted by molar-refractivity contribution is 0.0793. The van der Waals surface area contributed by atoms with Crippen LogP contribution in [0.3, 0.4) is 0 Å². The number of benzene rings is 1. The second kappa shape index (κ2) is 5.49. The van der Waals surface area contributed by atoms with Crippen molar-refractivity contribution in [2.75, 3.05) is 13.1 Å². The number of amides is 1. The molecule has 0 aromatic heterocycles. The van der Waals surface area contributed by atoms with Crippen molar-refractivity contribution in [1.82, 2.24) is 4.90 Å². The Bertz CT molecular complexity index is 388. The molecule has 1 aromatic rings. The maximum absolute atomic E-state index is 12.1.